The van der Waals surface area contributed by atoms with Crippen molar-refractivity contribution in [3.8, 4) is 0 Å². The molecule has 0 spiro atoms. The van der Waals surface area contributed by atoms with Crippen LogP contribution in [-0.2, 0) is 16.6 Å². The Labute approximate surface area is 152 Å². The lowest BCUT2D eigenvalue weighted by Crippen LogP contribution is -2.27. The number of carbonyl (C=O) groups excluding carboxylic acids is 1. The molecule has 0 aromatic heterocycles. The molecule has 0 aliphatic carbocycles. The van der Waals surface area contributed by atoms with Gasteiger partial charge >= 0.3 is 0 Å². The lowest BCUT2D eigenvalue weighted by molar-refractivity contribution is 0.0782. The molecule has 0 heterocycles. The van der Waals surface area contributed by atoms with Crippen LogP contribution < -0.4 is 5.14 Å². The minimum absolute atomic E-state index is 0.0730. The van der Waals surface area contributed by atoms with Crippen LogP contribution in [0.15, 0.2) is 45.8 Å². The summed E-state index contributed by atoms with van der Waals surface area (Å²) in [7, 11) is -2.49. The summed E-state index contributed by atoms with van der Waals surface area (Å²) < 4.78 is 37.1. The first-order valence-electron chi connectivity index (χ1n) is 6.62. The van der Waals surface area contributed by atoms with Gasteiger partial charge in [0.15, 0.2) is 0 Å². The summed E-state index contributed by atoms with van der Waals surface area (Å²) in [6, 6.07) is 8.10. The first-order chi connectivity index (χ1) is 11.1. The number of nitrogens with zero attached hydrogens (tertiary/aromatic N) is 1. The number of amides is 1. The first kappa shape index (κ1) is 18.9. The highest BCUT2D eigenvalue weighted by Crippen LogP contribution is 2.24. The van der Waals surface area contributed by atoms with E-state index in [4.69, 9.17) is 16.7 Å². The van der Waals surface area contributed by atoms with Gasteiger partial charge in [-0.15, -0.1) is 0 Å². The number of hydrogen-bond acceptors (Lipinski definition) is 3. The van der Waals surface area contributed by atoms with Gasteiger partial charge < -0.3 is 4.90 Å². The van der Waals surface area contributed by atoms with Crippen LogP contribution in [-0.4, -0.2) is 26.3 Å². The number of primary sulfonamides is 1. The molecule has 0 saturated carbocycles. The number of nitrogens with two attached hydrogens (primary N) is 1. The van der Waals surface area contributed by atoms with E-state index in [-0.39, 0.29) is 27.6 Å². The van der Waals surface area contributed by atoms with E-state index in [1.165, 1.54) is 48.3 Å². The van der Waals surface area contributed by atoms with Crippen molar-refractivity contribution in [1.29, 1.82) is 0 Å². The molecule has 0 unspecified atom stereocenters. The maximum atomic E-state index is 13.8. The van der Waals surface area contributed by atoms with E-state index in [0.717, 1.165) is 0 Å². The van der Waals surface area contributed by atoms with Gasteiger partial charge in [-0.3, -0.25) is 4.79 Å². The fourth-order valence-corrected chi connectivity index (χ4v) is 3.22. The normalized spacial score (nSPS) is 11.4. The minimum Gasteiger partial charge on any atom is -0.337 e. The topological polar surface area (TPSA) is 80.5 Å². The summed E-state index contributed by atoms with van der Waals surface area (Å²) in [6.45, 7) is -0.0730. The van der Waals surface area contributed by atoms with Crippen molar-refractivity contribution < 1.29 is 17.6 Å². The predicted molar refractivity (Wildman–Crippen MR) is 92.7 cm³/mol. The van der Waals surface area contributed by atoms with E-state index in [9.17, 15) is 17.6 Å². The van der Waals surface area contributed by atoms with Gasteiger partial charge in [0, 0.05) is 28.7 Å². The Morgan fingerprint density at radius 2 is 2.00 bits per heavy atom. The Kier molecular flexibility index (Phi) is 5.64. The Bertz CT molecular complexity index is 885. The standard InChI is InChI=1S/C15H13BrClFN2O3S/c1-20(8-11-13(17)3-2-4-14(11)18)15(21)10-7-9(24(19,22)23)5-6-12(10)16/h2-7H,8H2,1H3,(H2,19,22,23). The second kappa shape index (κ2) is 7.18. The largest absolute Gasteiger partial charge is 0.337 e. The number of halogens is 3. The Morgan fingerprint density at radius 3 is 2.58 bits per heavy atom. The Hall–Kier alpha value is -1.48. The molecule has 0 aliphatic rings. The van der Waals surface area contributed by atoms with Gasteiger partial charge in [0.1, 0.15) is 5.82 Å². The van der Waals surface area contributed by atoms with Gasteiger partial charge in [-0.25, -0.2) is 17.9 Å². The quantitative estimate of drug-likeness (QED) is 0.801. The van der Waals surface area contributed by atoms with Crippen molar-refractivity contribution in [3.05, 3.63) is 62.8 Å². The third-order valence-corrected chi connectivity index (χ3v) is 5.26. The zero-order valence-electron chi connectivity index (χ0n) is 12.5. The van der Waals surface area contributed by atoms with Gasteiger partial charge in [-0.05, 0) is 46.3 Å². The molecule has 2 rings (SSSR count). The van der Waals surface area contributed by atoms with Gasteiger partial charge in [-0.2, -0.15) is 0 Å². The summed E-state index contributed by atoms with van der Waals surface area (Å²) >= 11 is 9.15. The molecule has 0 bridgehead atoms. The molecule has 9 heteroatoms. The maximum Gasteiger partial charge on any atom is 0.255 e. The van der Waals surface area contributed by atoms with Gasteiger partial charge in [0.05, 0.1) is 10.5 Å². The van der Waals surface area contributed by atoms with Crippen molar-refractivity contribution in [3.63, 3.8) is 0 Å². The van der Waals surface area contributed by atoms with Gasteiger partial charge in [0.25, 0.3) is 5.91 Å². The maximum absolute atomic E-state index is 13.8. The van der Waals surface area contributed by atoms with Crippen LogP contribution in [0.25, 0.3) is 0 Å². The molecule has 5 nitrogen and oxygen atoms in total. The Morgan fingerprint density at radius 1 is 1.33 bits per heavy atom. The number of hydrogen-bond donors (Lipinski definition) is 1. The van der Waals surface area contributed by atoms with E-state index in [2.05, 4.69) is 15.9 Å². The highest BCUT2D eigenvalue weighted by Gasteiger charge is 2.20. The summed E-state index contributed by atoms with van der Waals surface area (Å²) in [4.78, 5) is 13.6. The monoisotopic (exact) mass is 434 g/mol. The molecule has 1 amide bonds. The second-order valence-electron chi connectivity index (χ2n) is 5.05. The number of sulfonamides is 1. The lowest BCUT2D eigenvalue weighted by atomic mass is 10.1. The average Bonchev–Trinajstić information content (AvgIpc) is 2.49. The lowest BCUT2D eigenvalue weighted by Gasteiger charge is -2.19. The third kappa shape index (κ3) is 4.13. The summed E-state index contributed by atoms with van der Waals surface area (Å²) in [5.41, 5.74) is 0.269. The van der Waals surface area contributed by atoms with Crippen LogP contribution in [0.5, 0.6) is 0 Å². The number of rotatable bonds is 4. The molecule has 128 valence electrons. The molecular formula is C15H13BrClFN2O3S. The zero-order valence-corrected chi connectivity index (χ0v) is 15.6. The SMILES string of the molecule is CN(Cc1c(F)cccc1Cl)C(=O)c1cc(S(N)(=O)=O)ccc1Br. The van der Waals surface area contributed by atoms with E-state index in [0.29, 0.717) is 4.47 Å². The van der Waals surface area contributed by atoms with Crippen molar-refractivity contribution in [2.45, 2.75) is 11.4 Å². The molecule has 0 atom stereocenters. The van der Waals surface area contributed by atoms with Crippen LogP contribution in [0.2, 0.25) is 5.02 Å². The minimum atomic E-state index is -3.95. The Balaban J connectivity index is 2.35. The molecule has 0 aliphatic heterocycles. The van der Waals surface area contributed by atoms with E-state index in [1.54, 1.807) is 0 Å². The highest BCUT2D eigenvalue weighted by molar-refractivity contribution is 9.10. The van der Waals surface area contributed by atoms with Crippen LogP contribution in [0.4, 0.5) is 4.39 Å². The second-order valence-corrected chi connectivity index (χ2v) is 7.87. The van der Waals surface area contributed by atoms with Crippen molar-refractivity contribution in [2.75, 3.05) is 7.05 Å². The summed E-state index contributed by atoms with van der Waals surface area (Å²) in [5, 5.41) is 5.28. The highest BCUT2D eigenvalue weighted by atomic mass is 79.9. The fraction of sp³-hybridized carbons (Fsp3) is 0.133. The fourth-order valence-electron chi connectivity index (χ4n) is 2.04. The van der Waals surface area contributed by atoms with Crippen molar-refractivity contribution >= 4 is 43.5 Å². The molecular weight excluding hydrogens is 423 g/mol. The summed E-state index contributed by atoms with van der Waals surface area (Å²) in [5.74, 6) is -1.04. The molecule has 0 saturated heterocycles. The predicted octanol–water partition coefficient (Wildman–Crippen LogP) is 3.16. The number of benzene rings is 2. The van der Waals surface area contributed by atoms with Crippen molar-refractivity contribution in [1.82, 2.24) is 4.90 Å². The summed E-state index contributed by atoms with van der Waals surface area (Å²) in [6.07, 6.45) is 0. The van der Waals surface area contributed by atoms with Crippen LogP contribution in [0.3, 0.4) is 0 Å². The molecule has 0 fully saturated rings. The van der Waals surface area contributed by atoms with Gasteiger partial charge in [-0.1, -0.05) is 17.7 Å². The smallest absolute Gasteiger partial charge is 0.255 e. The van der Waals surface area contributed by atoms with Crippen LogP contribution in [0.1, 0.15) is 15.9 Å². The molecule has 2 N–H and O–H groups in total. The first-order valence-corrected chi connectivity index (χ1v) is 9.33. The van der Waals surface area contributed by atoms with Gasteiger partial charge in [0.2, 0.25) is 10.0 Å². The van der Waals surface area contributed by atoms with E-state index >= 15 is 0 Å². The van der Waals surface area contributed by atoms with E-state index < -0.39 is 21.7 Å². The zero-order chi connectivity index (χ0) is 18.1. The van der Waals surface area contributed by atoms with Crippen LogP contribution in [0, 0.1) is 5.82 Å². The number of carbonyl (C=O) groups is 1. The molecule has 2 aromatic carbocycles. The molecule has 2 aromatic rings. The molecule has 0 radical (unpaired) electrons. The third-order valence-electron chi connectivity index (χ3n) is 3.30. The average molecular weight is 436 g/mol. The molecule has 24 heavy (non-hydrogen) atoms. The van der Waals surface area contributed by atoms with Crippen LogP contribution >= 0.6 is 27.5 Å². The van der Waals surface area contributed by atoms with E-state index in [1.807, 2.05) is 0 Å². The van der Waals surface area contributed by atoms with Crippen molar-refractivity contribution in [2.24, 2.45) is 5.14 Å².